The lowest BCUT2D eigenvalue weighted by atomic mass is 10.1. The lowest BCUT2D eigenvalue weighted by Gasteiger charge is -2.23. The number of benzene rings is 1. The topological polar surface area (TPSA) is 79.3 Å². The quantitative estimate of drug-likeness (QED) is 0.756. The molecule has 2 aromatic rings. The molecule has 0 saturated carbocycles. The molecule has 8 heteroatoms. The van der Waals surface area contributed by atoms with Gasteiger partial charge in [0.1, 0.15) is 12.4 Å². The van der Waals surface area contributed by atoms with Crippen molar-refractivity contribution in [2.24, 2.45) is 0 Å². The summed E-state index contributed by atoms with van der Waals surface area (Å²) in [6.07, 6.45) is 5.45. The minimum Gasteiger partial charge on any atom is -0.355 e. The van der Waals surface area contributed by atoms with Crippen molar-refractivity contribution in [2.45, 2.75) is 38.5 Å². The molecule has 1 aromatic carbocycles. The van der Waals surface area contributed by atoms with E-state index in [4.69, 9.17) is 0 Å². The van der Waals surface area contributed by atoms with Gasteiger partial charge in [-0.1, -0.05) is 12.1 Å². The second-order valence-electron chi connectivity index (χ2n) is 6.70. The Morgan fingerprint density at radius 1 is 1.37 bits per heavy atom. The molecule has 1 aliphatic rings. The van der Waals surface area contributed by atoms with Gasteiger partial charge >= 0.3 is 0 Å². The number of hydrogen-bond donors (Lipinski definition) is 2. The first-order valence-corrected chi connectivity index (χ1v) is 9.06. The van der Waals surface area contributed by atoms with Crippen molar-refractivity contribution in [3.8, 4) is 0 Å². The number of hydrogen-bond acceptors (Lipinski definition) is 4. The normalized spacial score (nSPS) is 19.8. The summed E-state index contributed by atoms with van der Waals surface area (Å²) in [5.41, 5.74) is 0.801. The number of nitrogens with zero attached hydrogens (tertiary/aromatic N) is 3. The van der Waals surface area contributed by atoms with Gasteiger partial charge in [-0.2, -0.15) is 0 Å². The summed E-state index contributed by atoms with van der Waals surface area (Å²) in [7, 11) is 0. The van der Waals surface area contributed by atoms with Crippen molar-refractivity contribution in [1.29, 1.82) is 0 Å². The Hall–Kier alpha value is -2.74. The summed E-state index contributed by atoms with van der Waals surface area (Å²) in [6, 6.07) is 5.87. The number of aromatic nitrogens is 2. The van der Waals surface area contributed by atoms with E-state index in [2.05, 4.69) is 15.6 Å². The molecule has 1 aromatic heterocycles. The molecule has 0 bridgehead atoms. The van der Waals surface area contributed by atoms with Crippen molar-refractivity contribution in [3.63, 3.8) is 0 Å². The van der Waals surface area contributed by atoms with E-state index in [9.17, 15) is 14.0 Å². The summed E-state index contributed by atoms with van der Waals surface area (Å²) in [5, 5.41) is 5.83. The Balaban J connectivity index is 1.65. The van der Waals surface area contributed by atoms with Gasteiger partial charge in [0.05, 0.1) is 12.4 Å². The third kappa shape index (κ3) is 5.13. The number of rotatable bonds is 7. The number of imidazole rings is 1. The van der Waals surface area contributed by atoms with Crippen LogP contribution >= 0.6 is 0 Å². The molecule has 27 heavy (non-hydrogen) atoms. The van der Waals surface area contributed by atoms with Crippen molar-refractivity contribution >= 4 is 11.8 Å². The highest BCUT2D eigenvalue weighted by Crippen LogP contribution is 2.21. The molecule has 0 spiro atoms. The summed E-state index contributed by atoms with van der Waals surface area (Å²) in [6.45, 7) is 3.59. The van der Waals surface area contributed by atoms with Crippen LogP contribution in [0.2, 0.25) is 0 Å². The third-order valence-electron chi connectivity index (χ3n) is 4.58. The molecule has 2 N–H and O–H groups in total. The summed E-state index contributed by atoms with van der Waals surface area (Å²) in [4.78, 5) is 30.6. The second kappa shape index (κ2) is 8.77. The Labute approximate surface area is 157 Å². The highest BCUT2D eigenvalue weighted by molar-refractivity contribution is 5.82. The van der Waals surface area contributed by atoms with E-state index >= 15 is 0 Å². The van der Waals surface area contributed by atoms with Gasteiger partial charge in [0.15, 0.2) is 0 Å². The first kappa shape index (κ1) is 19.0. The van der Waals surface area contributed by atoms with Gasteiger partial charge in [0, 0.05) is 38.1 Å². The summed E-state index contributed by atoms with van der Waals surface area (Å²) >= 11 is 0. The number of likely N-dealkylation sites (N-methyl/N-ethyl adjacent to an activating group) is 1. The van der Waals surface area contributed by atoms with Crippen LogP contribution in [0.4, 0.5) is 4.39 Å². The van der Waals surface area contributed by atoms with Crippen LogP contribution in [-0.2, 0) is 22.7 Å². The fourth-order valence-electron chi connectivity index (χ4n) is 3.44. The lowest BCUT2D eigenvalue weighted by molar-refractivity contribution is -0.125. The highest BCUT2D eigenvalue weighted by atomic mass is 19.1. The Bertz CT molecular complexity index is 780. The van der Waals surface area contributed by atoms with E-state index in [0.717, 1.165) is 5.56 Å². The molecule has 144 valence electrons. The molecular weight excluding hydrogens is 349 g/mol. The van der Waals surface area contributed by atoms with Crippen LogP contribution in [0.15, 0.2) is 43.0 Å². The monoisotopic (exact) mass is 373 g/mol. The molecule has 2 amide bonds. The van der Waals surface area contributed by atoms with Crippen LogP contribution in [-0.4, -0.2) is 51.4 Å². The number of amides is 2. The fourth-order valence-corrected chi connectivity index (χ4v) is 3.44. The number of carbonyl (C=O) groups excluding carboxylic acids is 2. The van der Waals surface area contributed by atoms with Crippen LogP contribution in [0.5, 0.6) is 0 Å². The van der Waals surface area contributed by atoms with Gasteiger partial charge in [-0.25, -0.2) is 9.37 Å². The van der Waals surface area contributed by atoms with Crippen LogP contribution in [0, 0.1) is 5.82 Å². The van der Waals surface area contributed by atoms with Crippen LogP contribution in [0.3, 0.4) is 0 Å². The average molecular weight is 373 g/mol. The number of halogens is 1. The molecule has 0 aliphatic carbocycles. The number of nitrogens with one attached hydrogen (secondary N) is 2. The third-order valence-corrected chi connectivity index (χ3v) is 4.58. The van der Waals surface area contributed by atoms with Crippen molar-refractivity contribution in [3.05, 3.63) is 54.4 Å². The van der Waals surface area contributed by atoms with E-state index in [-0.39, 0.29) is 36.3 Å². The maximum absolute atomic E-state index is 13.5. The number of likely N-dealkylation sites (tertiary alicyclic amines) is 1. The van der Waals surface area contributed by atoms with E-state index in [1.807, 2.05) is 17.9 Å². The van der Waals surface area contributed by atoms with E-state index in [0.29, 0.717) is 26.1 Å². The average Bonchev–Trinajstić information content (AvgIpc) is 3.25. The maximum atomic E-state index is 13.5. The minimum absolute atomic E-state index is 0.0692. The SMILES string of the molecule is CCNC(=O)[C@@H]1C[C@H](NC(=O)Cn2ccnc2)CN1Cc1cccc(F)c1. The zero-order valence-electron chi connectivity index (χ0n) is 15.3. The first-order chi connectivity index (χ1) is 13.0. The fraction of sp³-hybridized carbons (Fsp3) is 0.421. The van der Waals surface area contributed by atoms with Crippen LogP contribution in [0.1, 0.15) is 18.9 Å². The largest absolute Gasteiger partial charge is 0.355 e. The van der Waals surface area contributed by atoms with E-state index in [1.54, 1.807) is 29.4 Å². The molecule has 0 unspecified atom stereocenters. The Kier molecular flexibility index (Phi) is 6.18. The summed E-state index contributed by atoms with van der Waals surface area (Å²) < 4.78 is 15.2. The van der Waals surface area contributed by atoms with Crippen molar-refractivity contribution in [2.75, 3.05) is 13.1 Å². The van der Waals surface area contributed by atoms with Gasteiger partial charge in [-0.05, 0) is 31.0 Å². The standard InChI is InChI=1S/C19H24FN5O2/c1-2-22-19(27)17-9-16(23-18(26)12-24-7-6-21-13-24)11-25(17)10-14-4-3-5-15(20)8-14/h3-8,13,16-17H,2,9-12H2,1H3,(H,22,27)(H,23,26)/t16-,17-/m0/s1. The van der Waals surface area contributed by atoms with E-state index < -0.39 is 0 Å². The van der Waals surface area contributed by atoms with Gasteiger partial charge in [0.2, 0.25) is 11.8 Å². The smallest absolute Gasteiger partial charge is 0.240 e. The highest BCUT2D eigenvalue weighted by Gasteiger charge is 2.37. The van der Waals surface area contributed by atoms with E-state index in [1.165, 1.54) is 12.1 Å². The molecule has 1 aliphatic heterocycles. The van der Waals surface area contributed by atoms with Crippen molar-refractivity contribution < 1.29 is 14.0 Å². The zero-order chi connectivity index (χ0) is 19.2. The number of carbonyl (C=O) groups is 2. The minimum atomic E-state index is -0.355. The lowest BCUT2D eigenvalue weighted by Crippen LogP contribution is -2.42. The van der Waals surface area contributed by atoms with Gasteiger partial charge in [-0.15, -0.1) is 0 Å². The van der Waals surface area contributed by atoms with Crippen LogP contribution in [0.25, 0.3) is 0 Å². The molecule has 7 nitrogen and oxygen atoms in total. The Morgan fingerprint density at radius 3 is 2.93 bits per heavy atom. The maximum Gasteiger partial charge on any atom is 0.240 e. The second-order valence-corrected chi connectivity index (χ2v) is 6.70. The predicted octanol–water partition coefficient (Wildman–Crippen LogP) is 0.918. The van der Waals surface area contributed by atoms with Crippen LogP contribution < -0.4 is 10.6 Å². The first-order valence-electron chi connectivity index (χ1n) is 9.06. The molecule has 2 atom stereocenters. The predicted molar refractivity (Wildman–Crippen MR) is 98.1 cm³/mol. The zero-order valence-corrected chi connectivity index (χ0v) is 15.3. The van der Waals surface area contributed by atoms with Gasteiger partial charge in [-0.3, -0.25) is 14.5 Å². The molecule has 3 rings (SSSR count). The van der Waals surface area contributed by atoms with Crippen molar-refractivity contribution in [1.82, 2.24) is 25.1 Å². The summed E-state index contributed by atoms with van der Waals surface area (Å²) in [5.74, 6) is -0.494. The Morgan fingerprint density at radius 2 is 2.22 bits per heavy atom. The van der Waals surface area contributed by atoms with Gasteiger partial charge < -0.3 is 15.2 Å². The molecule has 2 heterocycles. The van der Waals surface area contributed by atoms with Gasteiger partial charge in [0.25, 0.3) is 0 Å². The molecule has 0 radical (unpaired) electrons. The molecule has 1 fully saturated rings. The molecule has 1 saturated heterocycles. The molecular formula is C19H24FN5O2.